The Kier molecular flexibility index (Phi) is 4.52. The van der Waals surface area contributed by atoms with Crippen LogP contribution >= 0.6 is 0 Å². The van der Waals surface area contributed by atoms with E-state index in [1.165, 1.54) is 12.1 Å². The largest absolute Gasteiger partial charge is 0.495 e. The number of methoxy groups -OCH3 is 2. The Morgan fingerprint density at radius 1 is 1.40 bits per heavy atom. The first kappa shape index (κ1) is 15.1. The molecule has 0 bridgehead atoms. The van der Waals surface area contributed by atoms with Crippen molar-refractivity contribution in [3.05, 3.63) is 18.2 Å². The van der Waals surface area contributed by atoms with Crippen molar-refractivity contribution in [3.8, 4) is 5.75 Å². The second kappa shape index (κ2) is 5.99. The number of primary sulfonamides is 1. The van der Waals surface area contributed by atoms with E-state index < -0.39 is 10.0 Å². The molecule has 3 N–H and O–H groups in total. The number of hydrogen-bond donors (Lipinski definition) is 2. The predicted molar refractivity (Wildman–Crippen MR) is 76.4 cm³/mol. The van der Waals surface area contributed by atoms with Crippen molar-refractivity contribution in [1.82, 2.24) is 0 Å². The number of hydrogen-bond acceptors (Lipinski definition) is 5. The first-order valence-electron chi connectivity index (χ1n) is 6.42. The van der Waals surface area contributed by atoms with Crippen molar-refractivity contribution in [2.75, 3.05) is 26.1 Å². The fourth-order valence-electron chi connectivity index (χ4n) is 2.15. The van der Waals surface area contributed by atoms with Crippen LogP contribution in [0.15, 0.2) is 23.1 Å². The van der Waals surface area contributed by atoms with Crippen LogP contribution in [0.3, 0.4) is 0 Å². The molecule has 1 saturated carbocycles. The molecule has 0 amide bonds. The highest BCUT2D eigenvalue weighted by Crippen LogP contribution is 2.36. The molecule has 0 aliphatic heterocycles. The van der Waals surface area contributed by atoms with Crippen LogP contribution < -0.4 is 15.2 Å². The number of sulfonamides is 1. The van der Waals surface area contributed by atoms with Gasteiger partial charge in [-0.1, -0.05) is 0 Å². The summed E-state index contributed by atoms with van der Waals surface area (Å²) in [6.07, 6.45) is 2.30. The van der Waals surface area contributed by atoms with E-state index in [0.717, 1.165) is 12.8 Å². The van der Waals surface area contributed by atoms with E-state index in [2.05, 4.69) is 5.32 Å². The lowest BCUT2D eigenvalue weighted by atomic mass is 10.2. The summed E-state index contributed by atoms with van der Waals surface area (Å²) in [5.74, 6) is 1.14. The van der Waals surface area contributed by atoms with Gasteiger partial charge in [0.2, 0.25) is 10.0 Å². The summed E-state index contributed by atoms with van der Waals surface area (Å²) in [5.41, 5.74) is 0.618. The second-order valence-electron chi connectivity index (χ2n) is 4.95. The Morgan fingerprint density at radius 3 is 2.60 bits per heavy atom. The molecule has 1 aliphatic carbocycles. The minimum Gasteiger partial charge on any atom is -0.495 e. The highest BCUT2D eigenvalue weighted by molar-refractivity contribution is 7.89. The minimum absolute atomic E-state index is 0.0627. The van der Waals surface area contributed by atoms with Gasteiger partial charge in [0.25, 0.3) is 0 Å². The molecule has 2 rings (SSSR count). The third-order valence-corrected chi connectivity index (χ3v) is 4.29. The molecule has 0 heterocycles. The maximum Gasteiger partial charge on any atom is 0.238 e. The maximum absolute atomic E-state index is 11.4. The van der Waals surface area contributed by atoms with Gasteiger partial charge in [0.15, 0.2) is 0 Å². The lowest BCUT2D eigenvalue weighted by Gasteiger charge is -2.20. The van der Waals surface area contributed by atoms with Crippen molar-refractivity contribution in [2.24, 2.45) is 11.1 Å². The van der Waals surface area contributed by atoms with Gasteiger partial charge in [0.05, 0.1) is 30.3 Å². The fourth-order valence-corrected chi connectivity index (χ4v) is 2.69. The van der Waals surface area contributed by atoms with Crippen LogP contribution in [-0.4, -0.2) is 35.3 Å². The predicted octanol–water partition coefficient (Wildman–Crippen LogP) is 1.18. The molecule has 20 heavy (non-hydrogen) atoms. The van der Waals surface area contributed by atoms with Crippen molar-refractivity contribution < 1.29 is 17.9 Å². The van der Waals surface area contributed by atoms with Crippen LogP contribution in [0.1, 0.15) is 12.8 Å². The normalized spacial score (nSPS) is 16.8. The molecule has 1 aromatic rings. The summed E-state index contributed by atoms with van der Waals surface area (Å²) in [6.45, 7) is 0.563. The van der Waals surface area contributed by atoms with Crippen LogP contribution in [0.4, 0.5) is 5.69 Å². The topological polar surface area (TPSA) is 90.6 Å². The zero-order chi connectivity index (χ0) is 14.8. The standard InChI is InChI=1S/C13H20N2O4S/c1-18-8-12(9-3-4-9)15-11-7-10(20(14,16)17)5-6-13(11)19-2/h5-7,9,12,15H,3-4,8H2,1-2H3,(H2,14,16,17). The second-order valence-corrected chi connectivity index (χ2v) is 6.51. The average Bonchev–Trinajstić information content (AvgIpc) is 3.21. The van der Waals surface area contributed by atoms with Crippen molar-refractivity contribution in [3.63, 3.8) is 0 Å². The molecule has 7 heteroatoms. The molecule has 0 radical (unpaired) electrons. The van der Waals surface area contributed by atoms with E-state index in [1.54, 1.807) is 20.3 Å². The molecule has 1 aliphatic rings. The summed E-state index contributed by atoms with van der Waals surface area (Å²) >= 11 is 0. The van der Waals surface area contributed by atoms with Crippen LogP contribution in [0, 0.1) is 5.92 Å². The van der Waals surface area contributed by atoms with Crippen LogP contribution in [0.25, 0.3) is 0 Å². The third kappa shape index (κ3) is 3.62. The lowest BCUT2D eigenvalue weighted by molar-refractivity contribution is 0.179. The van der Waals surface area contributed by atoms with E-state index in [0.29, 0.717) is 24.0 Å². The van der Waals surface area contributed by atoms with Gasteiger partial charge in [0.1, 0.15) is 5.75 Å². The monoisotopic (exact) mass is 300 g/mol. The number of rotatable bonds is 7. The van der Waals surface area contributed by atoms with Crippen LogP contribution in [0.2, 0.25) is 0 Å². The van der Waals surface area contributed by atoms with E-state index in [-0.39, 0.29) is 10.9 Å². The van der Waals surface area contributed by atoms with Gasteiger partial charge in [-0.25, -0.2) is 13.6 Å². The lowest BCUT2D eigenvalue weighted by Crippen LogP contribution is -2.27. The number of nitrogens with one attached hydrogen (secondary N) is 1. The molecule has 1 aromatic carbocycles. The van der Waals surface area contributed by atoms with Gasteiger partial charge in [-0.05, 0) is 37.0 Å². The molecule has 0 saturated heterocycles. The van der Waals surface area contributed by atoms with E-state index >= 15 is 0 Å². The molecule has 0 spiro atoms. The van der Waals surface area contributed by atoms with Crippen LogP contribution in [-0.2, 0) is 14.8 Å². The van der Waals surface area contributed by atoms with E-state index in [4.69, 9.17) is 14.6 Å². The Hall–Kier alpha value is -1.31. The molecule has 1 unspecified atom stereocenters. The van der Waals surface area contributed by atoms with Crippen molar-refractivity contribution in [1.29, 1.82) is 0 Å². The first-order chi connectivity index (χ1) is 9.45. The van der Waals surface area contributed by atoms with E-state index in [9.17, 15) is 8.42 Å². The Balaban J connectivity index is 2.27. The highest BCUT2D eigenvalue weighted by atomic mass is 32.2. The van der Waals surface area contributed by atoms with Crippen molar-refractivity contribution >= 4 is 15.7 Å². The van der Waals surface area contributed by atoms with Gasteiger partial charge in [-0.15, -0.1) is 0 Å². The smallest absolute Gasteiger partial charge is 0.238 e. The summed E-state index contributed by atoms with van der Waals surface area (Å²) in [7, 11) is -0.541. The molecule has 1 atom stereocenters. The van der Waals surface area contributed by atoms with Gasteiger partial charge in [-0.3, -0.25) is 0 Å². The zero-order valence-corrected chi connectivity index (χ0v) is 12.4. The first-order valence-corrected chi connectivity index (χ1v) is 7.96. The molecule has 112 valence electrons. The Bertz CT molecular complexity index is 570. The molecule has 0 aromatic heterocycles. The van der Waals surface area contributed by atoms with Gasteiger partial charge < -0.3 is 14.8 Å². The molecular weight excluding hydrogens is 280 g/mol. The van der Waals surface area contributed by atoms with Gasteiger partial charge in [-0.2, -0.15) is 0 Å². The maximum atomic E-state index is 11.4. The highest BCUT2D eigenvalue weighted by Gasteiger charge is 2.31. The number of benzene rings is 1. The zero-order valence-electron chi connectivity index (χ0n) is 11.6. The number of ether oxygens (including phenoxy) is 2. The summed E-state index contributed by atoms with van der Waals surface area (Å²) < 4.78 is 33.3. The van der Waals surface area contributed by atoms with Crippen molar-refractivity contribution in [2.45, 2.75) is 23.8 Å². The molecule has 1 fully saturated rings. The molecule has 6 nitrogen and oxygen atoms in total. The minimum atomic E-state index is -3.73. The summed E-state index contributed by atoms with van der Waals surface area (Å²) in [5, 5.41) is 8.46. The Labute approximate surface area is 119 Å². The third-order valence-electron chi connectivity index (χ3n) is 3.38. The van der Waals surface area contributed by atoms with Crippen LogP contribution in [0.5, 0.6) is 5.75 Å². The quantitative estimate of drug-likeness (QED) is 0.789. The summed E-state index contributed by atoms with van der Waals surface area (Å²) in [6, 6.07) is 4.67. The van der Waals surface area contributed by atoms with Gasteiger partial charge >= 0.3 is 0 Å². The number of anilines is 1. The van der Waals surface area contributed by atoms with E-state index in [1.807, 2.05) is 0 Å². The number of nitrogens with two attached hydrogens (primary N) is 1. The Morgan fingerprint density at radius 2 is 2.10 bits per heavy atom. The average molecular weight is 300 g/mol. The van der Waals surface area contributed by atoms with Gasteiger partial charge in [0, 0.05) is 7.11 Å². The SMILES string of the molecule is COCC(Nc1cc(S(N)(=O)=O)ccc1OC)C1CC1. The fraction of sp³-hybridized carbons (Fsp3) is 0.538. The summed E-state index contributed by atoms with van der Waals surface area (Å²) in [4.78, 5) is 0.0627. The molecular formula is C13H20N2O4S.